The minimum absolute atomic E-state index is 0.155. The van der Waals surface area contributed by atoms with E-state index in [-0.39, 0.29) is 29.7 Å². The third-order valence-corrected chi connectivity index (χ3v) is 2.37. The molecule has 1 aromatic rings. The van der Waals surface area contributed by atoms with Gasteiger partial charge in [0, 0.05) is 17.7 Å². The predicted octanol–water partition coefficient (Wildman–Crippen LogP) is 1.98. The maximum atomic E-state index is 11.4. The highest BCUT2D eigenvalue weighted by Gasteiger charge is 2.16. The lowest BCUT2D eigenvalue weighted by molar-refractivity contribution is -0.385. The molecule has 0 saturated heterocycles. The Kier molecular flexibility index (Phi) is 5.45. The summed E-state index contributed by atoms with van der Waals surface area (Å²) in [6, 6.07) is 3.81. The van der Waals surface area contributed by atoms with Gasteiger partial charge in [-0.2, -0.15) is 0 Å². The van der Waals surface area contributed by atoms with Crippen LogP contribution in [0.5, 0.6) is 5.75 Å². The standard InChI is InChI=1S/C13H17NO6/c1-8(2)20-13(16)7-19-12-5-4-10(14(17)18)6-11(12)9(3)15/h4-6,8-9,15H,7H2,1-3H3/t9-/m0/s1. The quantitative estimate of drug-likeness (QED) is 0.487. The lowest BCUT2D eigenvalue weighted by atomic mass is 10.1. The van der Waals surface area contributed by atoms with Gasteiger partial charge in [-0.05, 0) is 26.8 Å². The van der Waals surface area contributed by atoms with Crippen LogP contribution in [0.15, 0.2) is 18.2 Å². The minimum atomic E-state index is -0.953. The Balaban J connectivity index is 2.84. The molecule has 1 rings (SSSR count). The lowest BCUT2D eigenvalue weighted by Crippen LogP contribution is -2.19. The molecule has 0 saturated carbocycles. The van der Waals surface area contributed by atoms with Gasteiger partial charge in [-0.25, -0.2) is 4.79 Å². The summed E-state index contributed by atoms with van der Waals surface area (Å²) in [7, 11) is 0. The van der Waals surface area contributed by atoms with Gasteiger partial charge in [0.1, 0.15) is 5.75 Å². The zero-order valence-electron chi connectivity index (χ0n) is 11.5. The number of nitro benzene ring substituents is 1. The maximum Gasteiger partial charge on any atom is 0.344 e. The van der Waals surface area contributed by atoms with Crippen LogP contribution in [0.3, 0.4) is 0 Å². The molecule has 0 heterocycles. The van der Waals surface area contributed by atoms with Gasteiger partial charge in [0.05, 0.1) is 17.1 Å². The number of benzene rings is 1. The number of nitrogens with zero attached hydrogens (tertiary/aromatic N) is 1. The van der Waals surface area contributed by atoms with Crippen LogP contribution in [0.1, 0.15) is 32.4 Å². The van der Waals surface area contributed by atoms with Crippen LogP contribution in [0, 0.1) is 10.1 Å². The fourth-order valence-corrected chi connectivity index (χ4v) is 1.54. The third-order valence-electron chi connectivity index (χ3n) is 2.37. The zero-order chi connectivity index (χ0) is 15.3. The van der Waals surface area contributed by atoms with Crippen molar-refractivity contribution in [1.29, 1.82) is 0 Å². The summed E-state index contributed by atoms with van der Waals surface area (Å²) in [4.78, 5) is 21.5. The molecule has 0 spiro atoms. The zero-order valence-corrected chi connectivity index (χ0v) is 11.5. The second-order valence-electron chi connectivity index (χ2n) is 4.48. The van der Waals surface area contributed by atoms with Crippen molar-refractivity contribution in [3.8, 4) is 5.75 Å². The Labute approximate surface area is 116 Å². The van der Waals surface area contributed by atoms with Gasteiger partial charge >= 0.3 is 5.97 Å². The van der Waals surface area contributed by atoms with Crippen molar-refractivity contribution in [2.75, 3.05) is 6.61 Å². The third kappa shape index (κ3) is 4.51. The molecule has 1 atom stereocenters. The molecule has 0 aliphatic rings. The fraction of sp³-hybridized carbons (Fsp3) is 0.462. The second kappa shape index (κ2) is 6.85. The van der Waals surface area contributed by atoms with Gasteiger partial charge in [0.15, 0.2) is 6.61 Å². The van der Waals surface area contributed by atoms with Gasteiger partial charge in [0.25, 0.3) is 5.69 Å². The Morgan fingerprint density at radius 3 is 2.55 bits per heavy atom. The van der Waals surface area contributed by atoms with Crippen molar-refractivity contribution in [2.24, 2.45) is 0 Å². The number of carbonyl (C=O) groups excluding carboxylic acids is 1. The van der Waals surface area contributed by atoms with E-state index in [2.05, 4.69) is 0 Å². The molecule has 0 aromatic heterocycles. The molecule has 0 aliphatic heterocycles. The average molecular weight is 283 g/mol. The highest BCUT2D eigenvalue weighted by Crippen LogP contribution is 2.29. The summed E-state index contributed by atoms with van der Waals surface area (Å²) in [6.45, 7) is 4.56. The minimum Gasteiger partial charge on any atom is -0.482 e. The highest BCUT2D eigenvalue weighted by atomic mass is 16.6. The number of ether oxygens (including phenoxy) is 2. The molecular weight excluding hydrogens is 266 g/mol. The van der Waals surface area contributed by atoms with Crippen molar-refractivity contribution in [2.45, 2.75) is 33.0 Å². The lowest BCUT2D eigenvalue weighted by Gasteiger charge is -2.13. The number of esters is 1. The van der Waals surface area contributed by atoms with Crippen molar-refractivity contribution in [3.63, 3.8) is 0 Å². The van der Waals surface area contributed by atoms with Crippen LogP contribution < -0.4 is 4.74 Å². The van der Waals surface area contributed by atoms with Gasteiger partial charge in [-0.3, -0.25) is 10.1 Å². The monoisotopic (exact) mass is 283 g/mol. The molecule has 0 bridgehead atoms. The van der Waals surface area contributed by atoms with Gasteiger partial charge in [0.2, 0.25) is 0 Å². The van der Waals surface area contributed by atoms with Crippen LogP contribution in [-0.4, -0.2) is 28.7 Å². The van der Waals surface area contributed by atoms with Crippen LogP contribution >= 0.6 is 0 Å². The summed E-state index contributed by atoms with van der Waals surface area (Å²) >= 11 is 0. The van der Waals surface area contributed by atoms with E-state index in [9.17, 15) is 20.0 Å². The number of non-ortho nitro benzene ring substituents is 1. The first-order valence-electron chi connectivity index (χ1n) is 6.10. The Morgan fingerprint density at radius 1 is 1.40 bits per heavy atom. The first kappa shape index (κ1) is 15.9. The van der Waals surface area contributed by atoms with Crippen molar-refractivity contribution in [3.05, 3.63) is 33.9 Å². The van der Waals surface area contributed by atoms with Crippen molar-refractivity contribution >= 4 is 11.7 Å². The highest BCUT2D eigenvalue weighted by molar-refractivity contribution is 5.71. The van der Waals surface area contributed by atoms with Gasteiger partial charge in [-0.15, -0.1) is 0 Å². The number of aliphatic hydroxyl groups excluding tert-OH is 1. The summed E-state index contributed by atoms with van der Waals surface area (Å²) in [6.07, 6.45) is -1.20. The largest absolute Gasteiger partial charge is 0.482 e. The average Bonchev–Trinajstić information content (AvgIpc) is 2.35. The molecule has 110 valence electrons. The van der Waals surface area contributed by atoms with E-state index in [4.69, 9.17) is 9.47 Å². The van der Waals surface area contributed by atoms with Crippen LogP contribution in [0.25, 0.3) is 0 Å². The van der Waals surface area contributed by atoms with E-state index in [0.717, 1.165) is 0 Å². The summed E-state index contributed by atoms with van der Waals surface area (Å²) in [5.74, 6) is -0.332. The van der Waals surface area contributed by atoms with E-state index in [1.54, 1.807) is 13.8 Å². The molecule has 0 aliphatic carbocycles. The van der Waals surface area contributed by atoms with Crippen LogP contribution in [-0.2, 0) is 9.53 Å². The molecule has 0 fully saturated rings. The normalized spacial score (nSPS) is 12.1. The SMILES string of the molecule is CC(C)OC(=O)COc1ccc([N+](=O)[O-])cc1[C@H](C)O. The van der Waals surface area contributed by atoms with E-state index >= 15 is 0 Å². The van der Waals surface area contributed by atoms with E-state index in [1.807, 2.05) is 0 Å². The number of hydrogen-bond acceptors (Lipinski definition) is 6. The second-order valence-corrected chi connectivity index (χ2v) is 4.48. The summed E-state index contributed by atoms with van der Waals surface area (Å²) < 4.78 is 10.1. The van der Waals surface area contributed by atoms with Gasteiger partial charge in [-0.1, -0.05) is 0 Å². The Hall–Kier alpha value is -2.15. The van der Waals surface area contributed by atoms with Crippen molar-refractivity contribution in [1.82, 2.24) is 0 Å². The predicted molar refractivity (Wildman–Crippen MR) is 70.5 cm³/mol. The van der Waals surface area contributed by atoms with Crippen LogP contribution in [0.4, 0.5) is 5.69 Å². The number of nitro groups is 1. The van der Waals surface area contributed by atoms with Crippen molar-refractivity contribution < 1.29 is 24.3 Å². The topological polar surface area (TPSA) is 98.9 Å². The Bertz CT molecular complexity index is 498. The number of carbonyl (C=O) groups is 1. The summed E-state index contributed by atoms with van der Waals surface area (Å²) in [5, 5.41) is 20.3. The molecule has 0 radical (unpaired) electrons. The fourth-order valence-electron chi connectivity index (χ4n) is 1.54. The molecule has 20 heavy (non-hydrogen) atoms. The molecule has 7 heteroatoms. The number of rotatable bonds is 6. The Morgan fingerprint density at radius 2 is 2.05 bits per heavy atom. The van der Waals surface area contributed by atoms with Crippen LogP contribution in [0.2, 0.25) is 0 Å². The summed E-state index contributed by atoms with van der Waals surface area (Å²) in [5.41, 5.74) is 0.0922. The van der Waals surface area contributed by atoms with E-state index < -0.39 is 17.0 Å². The van der Waals surface area contributed by atoms with E-state index in [1.165, 1.54) is 25.1 Å². The smallest absolute Gasteiger partial charge is 0.344 e. The molecular formula is C13H17NO6. The number of aliphatic hydroxyl groups is 1. The van der Waals surface area contributed by atoms with E-state index in [0.29, 0.717) is 0 Å². The van der Waals surface area contributed by atoms with Gasteiger partial charge < -0.3 is 14.6 Å². The molecule has 0 unspecified atom stereocenters. The molecule has 0 amide bonds. The maximum absolute atomic E-state index is 11.4. The first-order chi connectivity index (χ1) is 9.31. The number of hydrogen-bond donors (Lipinski definition) is 1. The molecule has 1 N–H and O–H groups in total. The first-order valence-corrected chi connectivity index (χ1v) is 6.10. The molecule has 1 aromatic carbocycles. The molecule has 7 nitrogen and oxygen atoms in total.